The Balaban J connectivity index is 1.33. The van der Waals surface area contributed by atoms with E-state index in [0.29, 0.717) is 12.6 Å². The van der Waals surface area contributed by atoms with Crippen molar-refractivity contribution >= 4 is 17.6 Å². The highest BCUT2D eigenvalue weighted by Crippen LogP contribution is 2.29. The van der Waals surface area contributed by atoms with Crippen molar-refractivity contribution in [2.75, 3.05) is 19.6 Å². The van der Waals surface area contributed by atoms with Gasteiger partial charge in [-0.25, -0.2) is 9.67 Å². The van der Waals surface area contributed by atoms with E-state index in [1.54, 1.807) is 0 Å². The largest absolute Gasteiger partial charge is 0.357 e. The van der Waals surface area contributed by atoms with Crippen molar-refractivity contribution in [1.29, 1.82) is 0 Å². The Labute approximate surface area is 172 Å². The first-order valence-corrected chi connectivity index (χ1v) is 10.7. The number of rotatable bonds is 6. The van der Waals surface area contributed by atoms with Crippen LogP contribution in [0.25, 0.3) is 5.69 Å². The van der Waals surface area contributed by atoms with Crippen LogP contribution in [0, 0.1) is 0 Å². The van der Waals surface area contributed by atoms with Gasteiger partial charge in [-0.05, 0) is 56.9 Å². The Kier molecular flexibility index (Phi) is 6.17. The fourth-order valence-electron chi connectivity index (χ4n) is 3.71. The van der Waals surface area contributed by atoms with Gasteiger partial charge in [0.1, 0.15) is 0 Å². The third kappa shape index (κ3) is 5.06. The summed E-state index contributed by atoms with van der Waals surface area (Å²) in [5.74, 6) is 0.895. The van der Waals surface area contributed by atoms with Gasteiger partial charge in [-0.2, -0.15) is 5.10 Å². The molecule has 2 N–H and O–H groups in total. The number of nitrogens with zero attached hydrogens (tertiary/aromatic N) is 4. The molecular weight excluding hydrogens is 372 g/mol. The number of piperidine rings is 1. The molecule has 4 rings (SSSR count). The van der Waals surface area contributed by atoms with Crippen molar-refractivity contribution < 1.29 is 0 Å². The van der Waals surface area contributed by atoms with E-state index in [2.05, 4.69) is 27.6 Å². The lowest BCUT2D eigenvalue weighted by molar-refractivity contribution is 0.197. The summed E-state index contributed by atoms with van der Waals surface area (Å²) in [5.41, 5.74) is 2.07. The Morgan fingerprint density at radius 1 is 1.18 bits per heavy atom. The molecule has 2 aromatic rings. The zero-order valence-corrected chi connectivity index (χ0v) is 17.2. The van der Waals surface area contributed by atoms with E-state index in [1.807, 2.05) is 41.3 Å². The van der Waals surface area contributed by atoms with E-state index in [1.165, 1.54) is 38.8 Å². The molecule has 0 atom stereocenters. The van der Waals surface area contributed by atoms with E-state index in [9.17, 15) is 0 Å². The predicted octanol–water partition coefficient (Wildman–Crippen LogP) is 3.21. The molecule has 0 radical (unpaired) electrons. The summed E-state index contributed by atoms with van der Waals surface area (Å²) in [6.07, 6.45) is 9.06. The van der Waals surface area contributed by atoms with Gasteiger partial charge in [-0.3, -0.25) is 0 Å². The van der Waals surface area contributed by atoms with Gasteiger partial charge < -0.3 is 15.5 Å². The second-order valence-corrected chi connectivity index (χ2v) is 8.09. The van der Waals surface area contributed by atoms with Crippen molar-refractivity contribution in [3.8, 4) is 5.69 Å². The molecule has 28 heavy (non-hydrogen) atoms. The van der Waals surface area contributed by atoms with E-state index in [0.717, 1.165) is 34.8 Å². The second kappa shape index (κ2) is 8.97. The molecule has 0 amide bonds. The van der Waals surface area contributed by atoms with Gasteiger partial charge in [0, 0.05) is 48.5 Å². The highest BCUT2D eigenvalue weighted by atomic mass is 35.5. The molecule has 0 spiro atoms. The maximum atomic E-state index is 5.96. The van der Waals surface area contributed by atoms with Gasteiger partial charge in [-0.1, -0.05) is 11.6 Å². The summed E-state index contributed by atoms with van der Waals surface area (Å²) in [7, 11) is 0. The maximum absolute atomic E-state index is 5.96. The normalized spacial score (nSPS) is 19.0. The van der Waals surface area contributed by atoms with Crippen molar-refractivity contribution in [3.05, 3.63) is 47.2 Å². The van der Waals surface area contributed by atoms with Gasteiger partial charge in [0.25, 0.3) is 0 Å². The molecule has 7 heteroatoms. The van der Waals surface area contributed by atoms with Crippen molar-refractivity contribution in [3.63, 3.8) is 0 Å². The van der Waals surface area contributed by atoms with Crippen LogP contribution in [-0.2, 0) is 6.54 Å². The third-order valence-electron chi connectivity index (χ3n) is 5.42. The zero-order chi connectivity index (χ0) is 19.3. The van der Waals surface area contributed by atoms with Crippen LogP contribution in [0.15, 0.2) is 41.7 Å². The lowest BCUT2D eigenvalue weighted by atomic mass is 10.1. The minimum absolute atomic E-state index is 0.504. The number of guanidine groups is 1. The first-order chi connectivity index (χ1) is 13.7. The highest BCUT2D eigenvalue weighted by Gasteiger charge is 2.31. The third-order valence-corrected chi connectivity index (χ3v) is 5.68. The van der Waals surface area contributed by atoms with Crippen LogP contribution >= 0.6 is 11.6 Å². The molecule has 1 aromatic carbocycles. The molecular formula is C21H29ClN6. The van der Waals surface area contributed by atoms with Crippen LogP contribution in [-0.4, -0.2) is 52.4 Å². The number of halogens is 1. The summed E-state index contributed by atoms with van der Waals surface area (Å²) in [6.45, 7) is 5.97. The lowest BCUT2D eigenvalue weighted by Gasteiger charge is -2.33. The van der Waals surface area contributed by atoms with Gasteiger partial charge in [0.15, 0.2) is 5.96 Å². The number of benzene rings is 1. The second-order valence-electron chi connectivity index (χ2n) is 7.65. The molecule has 2 fully saturated rings. The van der Waals surface area contributed by atoms with E-state index >= 15 is 0 Å². The molecule has 2 heterocycles. The first kappa shape index (κ1) is 19.3. The number of aromatic nitrogens is 2. The Bertz CT molecular complexity index is 787. The average Bonchev–Trinajstić information content (AvgIpc) is 3.45. The van der Waals surface area contributed by atoms with Crippen molar-refractivity contribution in [1.82, 2.24) is 25.3 Å². The highest BCUT2D eigenvalue weighted by molar-refractivity contribution is 6.30. The van der Waals surface area contributed by atoms with Crippen LogP contribution in [0.5, 0.6) is 0 Å². The predicted molar refractivity (Wildman–Crippen MR) is 114 cm³/mol. The molecule has 150 valence electrons. The van der Waals surface area contributed by atoms with Crippen LogP contribution in [0.1, 0.15) is 38.2 Å². The van der Waals surface area contributed by atoms with E-state index in [-0.39, 0.29) is 0 Å². The topological polar surface area (TPSA) is 57.5 Å². The smallest absolute Gasteiger partial charge is 0.191 e. The number of likely N-dealkylation sites (tertiary alicyclic amines) is 1. The molecule has 1 aromatic heterocycles. The first-order valence-electron chi connectivity index (χ1n) is 10.3. The molecule has 0 bridgehead atoms. The molecule has 1 saturated carbocycles. The van der Waals surface area contributed by atoms with Crippen molar-refractivity contribution in [2.24, 2.45) is 4.99 Å². The molecule has 0 unspecified atom stereocenters. The Morgan fingerprint density at radius 3 is 2.61 bits per heavy atom. The zero-order valence-electron chi connectivity index (χ0n) is 16.4. The Hall–Kier alpha value is -2.05. The summed E-state index contributed by atoms with van der Waals surface area (Å²) in [6, 6.07) is 9.05. The van der Waals surface area contributed by atoms with Gasteiger partial charge >= 0.3 is 0 Å². The standard InChI is InChI=1S/C21H29ClN6/c1-2-23-21(26-18-9-11-27(12-10-18)19-7-8-19)24-13-16-14-25-28(15-16)20-5-3-17(22)4-6-20/h3-6,14-15,18-19H,2,7-13H2,1H3,(H2,23,24,26). The van der Waals surface area contributed by atoms with Gasteiger partial charge in [-0.15, -0.1) is 0 Å². The fourth-order valence-corrected chi connectivity index (χ4v) is 3.84. The maximum Gasteiger partial charge on any atom is 0.191 e. The van der Waals surface area contributed by atoms with Crippen LogP contribution < -0.4 is 10.6 Å². The lowest BCUT2D eigenvalue weighted by Crippen LogP contribution is -2.49. The fraction of sp³-hybridized carbons (Fsp3) is 0.524. The quantitative estimate of drug-likeness (QED) is 0.577. The average molecular weight is 401 g/mol. The Morgan fingerprint density at radius 2 is 1.93 bits per heavy atom. The van der Waals surface area contributed by atoms with Crippen molar-refractivity contribution in [2.45, 2.75) is 51.2 Å². The summed E-state index contributed by atoms with van der Waals surface area (Å²) in [5, 5.41) is 12.2. The number of hydrogen-bond donors (Lipinski definition) is 2. The molecule has 6 nitrogen and oxygen atoms in total. The summed E-state index contributed by atoms with van der Waals surface area (Å²) < 4.78 is 1.86. The minimum atomic E-state index is 0.504. The summed E-state index contributed by atoms with van der Waals surface area (Å²) in [4.78, 5) is 7.42. The van der Waals surface area contributed by atoms with E-state index in [4.69, 9.17) is 16.6 Å². The van der Waals surface area contributed by atoms with Crippen LogP contribution in [0.2, 0.25) is 5.02 Å². The molecule has 1 aliphatic heterocycles. The minimum Gasteiger partial charge on any atom is -0.357 e. The van der Waals surface area contributed by atoms with Gasteiger partial charge in [0.2, 0.25) is 0 Å². The molecule has 1 aliphatic carbocycles. The summed E-state index contributed by atoms with van der Waals surface area (Å²) >= 11 is 5.96. The molecule has 2 aliphatic rings. The molecule has 1 saturated heterocycles. The van der Waals surface area contributed by atoms with Crippen LogP contribution in [0.3, 0.4) is 0 Å². The van der Waals surface area contributed by atoms with Gasteiger partial charge in [0.05, 0.1) is 18.4 Å². The SMILES string of the molecule is CCNC(=NCc1cnn(-c2ccc(Cl)cc2)c1)NC1CCN(C2CC2)CC1. The van der Waals surface area contributed by atoms with E-state index < -0.39 is 0 Å². The number of nitrogens with one attached hydrogen (secondary N) is 2. The monoisotopic (exact) mass is 400 g/mol. The number of aliphatic imine (C=N–C) groups is 1. The number of hydrogen-bond acceptors (Lipinski definition) is 3. The van der Waals surface area contributed by atoms with Crippen LogP contribution in [0.4, 0.5) is 0 Å².